The minimum atomic E-state index is -0.270. The summed E-state index contributed by atoms with van der Waals surface area (Å²) in [5, 5.41) is 3.25. The molecule has 5 rings (SSSR count). The summed E-state index contributed by atoms with van der Waals surface area (Å²) in [6, 6.07) is 9.33. The van der Waals surface area contributed by atoms with Gasteiger partial charge in [0.2, 0.25) is 6.79 Å². The molecule has 0 aliphatic carbocycles. The van der Waals surface area contributed by atoms with Crippen molar-refractivity contribution in [3.05, 3.63) is 68.5 Å². The van der Waals surface area contributed by atoms with E-state index in [-0.39, 0.29) is 18.3 Å². The Morgan fingerprint density at radius 3 is 2.81 bits per heavy atom. The highest BCUT2D eigenvalue weighted by atomic mass is 32.2. The number of pyridine rings is 1. The molecule has 0 unspecified atom stereocenters. The fourth-order valence-electron chi connectivity index (χ4n) is 3.44. The molecule has 0 atom stereocenters. The zero-order valence-electron chi connectivity index (χ0n) is 17.2. The monoisotopic (exact) mass is 466 g/mol. The highest BCUT2D eigenvalue weighted by Gasteiger charge is 2.29. The Bertz CT molecular complexity index is 1380. The van der Waals surface area contributed by atoms with E-state index >= 15 is 0 Å². The van der Waals surface area contributed by atoms with Crippen molar-refractivity contribution >= 4 is 51.7 Å². The van der Waals surface area contributed by atoms with E-state index < -0.39 is 0 Å². The third kappa shape index (κ3) is 3.61. The number of nitrogens with one attached hydrogen (secondary N) is 1. The molecule has 8 nitrogen and oxygen atoms in total. The molecule has 1 fully saturated rings. The van der Waals surface area contributed by atoms with Crippen molar-refractivity contribution in [3.63, 3.8) is 0 Å². The van der Waals surface area contributed by atoms with Crippen LogP contribution in [-0.2, 0) is 11.3 Å². The van der Waals surface area contributed by atoms with Gasteiger partial charge in [-0.1, -0.05) is 36.1 Å². The lowest BCUT2D eigenvalue weighted by Gasteiger charge is -2.12. The van der Waals surface area contributed by atoms with E-state index in [4.69, 9.17) is 21.7 Å². The van der Waals surface area contributed by atoms with Gasteiger partial charge < -0.3 is 14.8 Å². The molecule has 162 valence electrons. The van der Waals surface area contributed by atoms with Crippen molar-refractivity contribution in [2.24, 2.45) is 0 Å². The van der Waals surface area contributed by atoms with Crippen LogP contribution in [0.25, 0.3) is 11.7 Å². The first-order valence-corrected chi connectivity index (χ1v) is 11.0. The molecule has 2 aliphatic heterocycles. The van der Waals surface area contributed by atoms with Crippen molar-refractivity contribution in [2.45, 2.75) is 13.5 Å². The highest BCUT2D eigenvalue weighted by molar-refractivity contribution is 8.26. The molecule has 2 aromatic heterocycles. The SMILES string of the molecule is Cc1ccc2nc(NCc3ccc4c(c3)OCO4)c(/C=C3\SC(=S)N(C)C3=O)c(=O)n2c1. The number of fused-ring (bicyclic) bond motifs is 2. The van der Waals surface area contributed by atoms with Gasteiger partial charge >= 0.3 is 0 Å². The molecule has 3 aromatic rings. The second-order valence-electron chi connectivity index (χ2n) is 7.40. The van der Waals surface area contributed by atoms with Crippen LogP contribution in [0.4, 0.5) is 5.82 Å². The molecule has 4 heterocycles. The summed E-state index contributed by atoms with van der Waals surface area (Å²) >= 11 is 6.38. The lowest BCUT2D eigenvalue weighted by Crippen LogP contribution is -2.23. The van der Waals surface area contributed by atoms with Crippen LogP contribution < -0.4 is 20.3 Å². The molecule has 0 radical (unpaired) electrons. The number of ether oxygens (including phenoxy) is 2. The summed E-state index contributed by atoms with van der Waals surface area (Å²) < 4.78 is 12.7. The van der Waals surface area contributed by atoms with E-state index in [1.54, 1.807) is 25.4 Å². The van der Waals surface area contributed by atoms with Crippen LogP contribution in [0.15, 0.2) is 46.2 Å². The first-order valence-electron chi connectivity index (χ1n) is 9.78. The molecule has 2 aliphatic rings. The van der Waals surface area contributed by atoms with E-state index in [0.717, 1.165) is 11.1 Å². The maximum Gasteiger partial charge on any atom is 0.267 e. The van der Waals surface area contributed by atoms with Crippen LogP contribution >= 0.6 is 24.0 Å². The number of hydrogen-bond donors (Lipinski definition) is 1. The zero-order chi connectivity index (χ0) is 22.4. The van der Waals surface area contributed by atoms with E-state index in [1.165, 1.54) is 21.1 Å². The summed E-state index contributed by atoms with van der Waals surface area (Å²) in [5.41, 5.74) is 2.39. The van der Waals surface area contributed by atoms with E-state index in [2.05, 4.69) is 10.3 Å². The Labute approximate surface area is 192 Å². The minimum absolute atomic E-state index is 0.203. The number of anilines is 1. The Balaban J connectivity index is 1.57. The molecule has 1 N–H and O–H groups in total. The third-order valence-corrected chi connectivity index (χ3v) is 6.65. The number of aryl methyl sites for hydroxylation is 1. The lowest BCUT2D eigenvalue weighted by molar-refractivity contribution is -0.121. The molecule has 1 amide bonds. The number of carbonyl (C=O) groups excluding carboxylic acids is 1. The predicted octanol–water partition coefficient (Wildman–Crippen LogP) is 3.17. The summed E-state index contributed by atoms with van der Waals surface area (Å²) in [4.78, 5) is 32.3. The molecule has 0 spiro atoms. The normalized spacial score (nSPS) is 16.4. The van der Waals surface area contributed by atoms with Crippen LogP contribution in [0.3, 0.4) is 0 Å². The molecule has 1 saturated heterocycles. The number of carbonyl (C=O) groups is 1. The topological polar surface area (TPSA) is 85.2 Å². The van der Waals surface area contributed by atoms with Crippen LogP contribution in [-0.4, -0.2) is 38.4 Å². The number of nitrogens with zero attached hydrogens (tertiary/aromatic N) is 3. The summed E-state index contributed by atoms with van der Waals surface area (Å²) in [6.45, 7) is 2.51. The molecular weight excluding hydrogens is 448 g/mol. The number of likely N-dealkylation sites (N-methyl/N-ethyl adjacent to an activating group) is 1. The Hall–Kier alpha value is -3.37. The Morgan fingerprint density at radius 1 is 1.22 bits per heavy atom. The Kier molecular flexibility index (Phi) is 5.10. The van der Waals surface area contributed by atoms with Crippen LogP contribution in [0.2, 0.25) is 0 Å². The molecule has 32 heavy (non-hydrogen) atoms. The van der Waals surface area contributed by atoms with Gasteiger partial charge in [-0.2, -0.15) is 0 Å². The van der Waals surface area contributed by atoms with E-state index in [1.807, 2.05) is 31.2 Å². The second-order valence-corrected chi connectivity index (χ2v) is 9.07. The van der Waals surface area contributed by atoms with Crippen molar-refractivity contribution < 1.29 is 14.3 Å². The van der Waals surface area contributed by atoms with Gasteiger partial charge in [0.15, 0.2) is 11.5 Å². The van der Waals surface area contributed by atoms with Gasteiger partial charge in [-0.25, -0.2) is 4.98 Å². The van der Waals surface area contributed by atoms with Gasteiger partial charge in [-0.05, 0) is 42.3 Å². The van der Waals surface area contributed by atoms with Gasteiger partial charge in [0.1, 0.15) is 15.8 Å². The van der Waals surface area contributed by atoms with Crippen LogP contribution in [0, 0.1) is 6.92 Å². The zero-order valence-corrected chi connectivity index (χ0v) is 18.9. The number of thioether (sulfide) groups is 1. The summed E-state index contributed by atoms with van der Waals surface area (Å²) in [5.74, 6) is 1.53. The minimum Gasteiger partial charge on any atom is -0.454 e. The van der Waals surface area contributed by atoms with E-state index in [9.17, 15) is 9.59 Å². The molecule has 0 bridgehead atoms. The smallest absolute Gasteiger partial charge is 0.267 e. The fraction of sp³-hybridized carbons (Fsp3) is 0.182. The summed E-state index contributed by atoms with van der Waals surface area (Å²) in [6.07, 6.45) is 3.30. The van der Waals surface area contributed by atoms with Crippen LogP contribution in [0.1, 0.15) is 16.7 Å². The molecular formula is C22H18N4O4S2. The van der Waals surface area contributed by atoms with Crippen molar-refractivity contribution in [2.75, 3.05) is 19.2 Å². The number of rotatable bonds is 4. The third-order valence-electron chi connectivity index (χ3n) is 5.16. The van der Waals surface area contributed by atoms with Gasteiger partial charge in [0.25, 0.3) is 11.5 Å². The fourth-order valence-corrected chi connectivity index (χ4v) is 4.60. The maximum absolute atomic E-state index is 13.4. The van der Waals surface area contributed by atoms with Crippen molar-refractivity contribution in [1.82, 2.24) is 14.3 Å². The highest BCUT2D eigenvalue weighted by Crippen LogP contribution is 2.33. The standard InChI is InChI=1S/C22H18N4O4S2/c1-12-3-6-18-24-19(23-9-13-4-5-15-16(7-13)30-11-29-15)14(20(27)26(18)10-12)8-17-21(28)25(2)22(31)32-17/h3-8,10,23H,9,11H2,1-2H3/b17-8-. The number of aromatic nitrogens is 2. The van der Waals surface area contributed by atoms with Gasteiger partial charge in [0.05, 0.1) is 10.5 Å². The lowest BCUT2D eigenvalue weighted by atomic mass is 10.2. The van der Waals surface area contributed by atoms with Gasteiger partial charge in [0, 0.05) is 19.8 Å². The first-order chi connectivity index (χ1) is 15.4. The second kappa shape index (κ2) is 7.95. The van der Waals surface area contributed by atoms with E-state index in [0.29, 0.717) is 44.3 Å². The first kappa shape index (κ1) is 20.5. The predicted molar refractivity (Wildman–Crippen MR) is 127 cm³/mol. The van der Waals surface area contributed by atoms with Crippen molar-refractivity contribution in [3.8, 4) is 11.5 Å². The Morgan fingerprint density at radius 2 is 2.03 bits per heavy atom. The number of hydrogen-bond acceptors (Lipinski definition) is 8. The number of amides is 1. The molecule has 0 saturated carbocycles. The van der Waals surface area contributed by atoms with Gasteiger partial charge in [-0.3, -0.25) is 18.9 Å². The largest absolute Gasteiger partial charge is 0.454 e. The average Bonchev–Trinajstić information content (AvgIpc) is 3.34. The van der Waals surface area contributed by atoms with Crippen LogP contribution in [0.5, 0.6) is 11.5 Å². The molecule has 10 heteroatoms. The molecule has 1 aromatic carbocycles. The maximum atomic E-state index is 13.4. The quantitative estimate of drug-likeness (QED) is 0.464. The number of thiocarbonyl (C=S) groups is 1. The van der Waals surface area contributed by atoms with Gasteiger partial charge in [-0.15, -0.1) is 0 Å². The number of benzene rings is 1. The van der Waals surface area contributed by atoms with Crippen molar-refractivity contribution in [1.29, 1.82) is 0 Å². The average molecular weight is 467 g/mol. The summed E-state index contributed by atoms with van der Waals surface area (Å²) in [7, 11) is 1.62.